The first-order chi connectivity index (χ1) is 12.2. The van der Waals surface area contributed by atoms with E-state index in [-0.39, 0.29) is 12.5 Å². The molecule has 0 fully saturated rings. The SMILES string of the molecule is CNCCn1nc2c3c(c(NC(=O)CN)ccc31)Sc1cccnc1-2. The van der Waals surface area contributed by atoms with Crippen molar-refractivity contribution in [2.45, 2.75) is 16.3 Å². The monoisotopic (exact) mass is 354 g/mol. The van der Waals surface area contributed by atoms with E-state index in [1.54, 1.807) is 18.0 Å². The van der Waals surface area contributed by atoms with Gasteiger partial charge in [0.1, 0.15) is 11.4 Å². The minimum Gasteiger partial charge on any atom is -0.324 e. The van der Waals surface area contributed by atoms with E-state index in [0.717, 1.165) is 50.9 Å². The van der Waals surface area contributed by atoms with Gasteiger partial charge in [0, 0.05) is 27.9 Å². The van der Waals surface area contributed by atoms with Crippen LogP contribution in [-0.4, -0.2) is 40.8 Å². The van der Waals surface area contributed by atoms with E-state index < -0.39 is 0 Å². The smallest absolute Gasteiger partial charge is 0.238 e. The molecular formula is C17H18N6OS. The summed E-state index contributed by atoms with van der Waals surface area (Å²) in [5, 5.41) is 11.9. The van der Waals surface area contributed by atoms with Crippen molar-refractivity contribution in [3.8, 4) is 11.4 Å². The molecule has 1 aromatic carbocycles. The first-order valence-corrected chi connectivity index (χ1v) is 8.86. The zero-order valence-electron chi connectivity index (χ0n) is 13.7. The van der Waals surface area contributed by atoms with E-state index in [2.05, 4.69) is 15.6 Å². The Hall–Kier alpha value is -2.42. The number of pyridine rings is 1. The molecule has 0 saturated carbocycles. The second-order valence-corrected chi connectivity index (χ2v) is 6.77. The van der Waals surface area contributed by atoms with Crippen molar-refractivity contribution >= 4 is 34.3 Å². The third-order valence-corrected chi connectivity index (χ3v) is 5.29. The van der Waals surface area contributed by atoms with E-state index in [4.69, 9.17) is 10.8 Å². The number of carbonyl (C=O) groups is 1. The van der Waals surface area contributed by atoms with Crippen LogP contribution >= 0.6 is 11.8 Å². The van der Waals surface area contributed by atoms with Gasteiger partial charge in [0.05, 0.1) is 24.3 Å². The molecule has 0 unspecified atom stereocenters. The lowest BCUT2D eigenvalue weighted by molar-refractivity contribution is -0.114. The third kappa shape index (κ3) is 2.68. The standard InChI is InChI=1S/C17H18N6OS/c1-19-7-8-23-11-5-4-10(21-13(24)9-18)17-14(11)16(22-23)15-12(25-17)3-2-6-20-15/h2-6,19H,7-9,18H2,1H3,(H,21,24). The summed E-state index contributed by atoms with van der Waals surface area (Å²) in [5.41, 5.74) is 8.99. The molecule has 4 rings (SSSR count). The average Bonchev–Trinajstić information content (AvgIpc) is 3.02. The highest BCUT2D eigenvalue weighted by Gasteiger charge is 2.27. The summed E-state index contributed by atoms with van der Waals surface area (Å²) in [7, 11) is 1.92. The Bertz CT molecular complexity index is 967. The molecule has 1 aliphatic rings. The van der Waals surface area contributed by atoms with Gasteiger partial charge in [-0.1, -0.05) is 11.8 Å². The minimum absolute atomic E-state index is 0.0470. The van der Waals surface area contributed by atoms with Crippen LogP contribution in [0.3, 0.4) is 0 Å². The molecule has 0 saturated heterocycles. The number of likely N-dealkylation sites (N-methyl/N-ethyl adjacent to an activating group) is 1. The van der Waals surface area contributed by atoms with E-state index in [9.17, 15) is 4.79 Å². The maximum atomic E-state index is 11.8. The van der Waals surface area contributed by atoms with Gasteiger partial charge in [-0.25, -0.2) is 0 Å². The van der Waals surface area contributed by atoms with Crippen molar-refractivity contribution in [2.75, 3.05) is 25.5 Å². The van der Waals surface area contributed by atoms with Crippen molar-refractivity contribution in [1.29, 1.82) is 0 Å². The Kier molecular flexibility index (Phi) is 4.16. The van der Waals surface area contributed by atoms with Gasteiger partial charge in [-0.2, -0.15) is 5.10 Å². The summed E-state index contributed by atoms with van der Waals surface area (Å²) in [4.78, 5) is 18.3. The molecular weight excluding hydrogens is 336 g/mol. The van der Waals surface area contributed by atoms with Gasteiger partial charge in [-0.3, -0.25) is 14.5 Å². The molecule has 3 heterocycles. The summed E-state index contributed by atoms with van der Waals surface area (Å²) < 4.78 is 1.99. The molecule has 3 aromatic rings. The van der Waals surface area contributed by atoms with E-state index in [1.807, 2.05) is 36.0 Å². The first-order valence-electron chi connectivity index (χ1n) is 8.04. The maximum Gasteiger partial charge on any atom is 0.238 e. The molecule has 4 N–H and O–H groups in total. The van der Waals surface area contributed by atoms with Gasteiger partial charge in [0.2, 0.25) is 5.91 Å². The second kappa shape index (κ2) is 6.47. The number of aromatic nitrogens is 3. The van der Waals surface area contributed by atoms with Crippen LogP contribution in [0.25, 0.3) is 22.3 Å². The maximum absolute atomic E-state index is 11.8. The largest absolute Gasteiger partial charge is 0.324 e. The molecule has 1 amide bonds. The quantitative estimate of drug-likeness (QED) is 0.504. The molecule has 1 aliphatic heterocycles. The molecule has 0 spiro atoms. The summed E-state index contributed by atoms with van der Waals surface area (Å²) in [6.45, 7) is 1.53. The highest BCUT2D eigenvalue weighted by Crippen LogP contribution is 2.49. The highest BCUT2D eigenvalue weighted by molar-refractivity contribution is 8.00. The Morgan fingerprint density at radius 1 is 1.32 bits per heavy atom. The minimum atomic E-state index is -0.211. The number of fused-ring (bicyclic) bond motifs is 2. The number of anilines is 1. The Labute approximate surface area is 149 Å². The normalized spacial score (nSPS) is 12.2. The van der Waals surface area contributed by atoms with Crippen LogP contribution in [0.4, 0.5) is 5.69 Å². The van der Waals surface area contributed by atoms with Gasteiger partial charge < -0.3 is 16.4 Å². The van der Waals surface area contributed by atoms with Crippen LogP contribution in [0.5, 0.6) is 0 Å². The van der Waals surface area contributed by atoms with Crippen LogP contribution in [-0.2, 0) is 11.3 Å². The molecule has 0 bridgehead atoms. The molecule has 25 heavy (non-hydrogen) atoms. The number of hydrogen-bond acceptors (Lipinski definition) is 6. The number of nitrogens with one attached hydrogen (secondary N) is 2. The molecule has 0 aliphatic carbocycles. The van der Waals surface area contributed by atoms with Gasteiger partial charge in [-0.05, 0) is 31.3 Å². The van der Waals surface area contributed by atoms with Gasteiger partial charge in [-0.15, -0.1) is 0 Å². The van der Waals surface area contributed by atoms with Crippen LogP contribution < -0.4 is 16.4 Å². The van der Waals surface area contributed by atoms with Crippen molar-refractivity contribution in [3.05, 3.63) is 30.5 Å². The topological polar surface area (TPSA) is 97.9 Å². The van der Waals surface area contributed by atoms with E-state index in [0.29, 0.717) is 0 Å². The van der Waals surface area contributed by atoms with Crippen molar-refractivity contribution < 1.29 is 4.79 Å². The summed E-state index contributed by atoms with van der Waals surface area (Å²) in [6, 6.07) is 7.84. The second-order valence-electron chi connectivity index (χ2n) is 5.72. The molecule has 0 radical (unpaired) electrons. The molecule has 128 valence electrons. The Morgan fingerprint density at radius 3 is 3.00 bits per heavy atom. The van der Waals surface area contributed by atoms with Gasteiger partial charge in [0.15, 0.2) is 0 Å². The number of hydrogen-bond donors (Lipinski definition) is 3. The first kappa shape index (κ1) is 16.1. The zero-order chi connectivity index (χ0) is 17.4. The molecule has 2 aromatic heterocycles. The molecule has 7 nitrogen and oxygen atoms in total. The van der Waals surface area contributed by atoms with Crippen LogP contribution in [0.15, 0.2) is 40.3 Å². The Balaban J connectivity index is 1.94. The number of benzene rings is 1. The molecule has 8 heteroatoms. The predicted octanol–water partition coefficient (Wildman–Crippen LogP) is 1.68. The summed E-state index contributed by atoms with van der Waals surface area (Å²) >= 11 is 1.60. The average molecular weight is 354 g/mol. The lowest BCUT2D eigenvalue weighted by Crippen LogP contribution is -2.22. The number of rotatable bonds is 5. The lowest BCUT2D eigenvalue weighted by atomic mass is 10.1. The fraction of sp³-hybridized carbons (Fsp3) is 0.235. The lowest BCUT2D eigenvalue weighted by Gasteiger charge is -2.17. The van der Waals surface area contributed by atoms with Crippen LogP contribution in [0, 0.1) is 0 Å². The fourth-order valence-corrected chi connectivity index (χ4v) is 4.11. The number of nitrogens with two attached hydrogens (primary N) is 1. The predicted molar refractivity (Wildman–Crippen MR) is 98.7 cm³/mol. The molecule has 0 atom stereocenters. The summed E-state index contributed by atoms with van der Waals surface area (Å²) in [6.07, 6.45) is 1.78. The van der Waals surface area contributed by atoms with E-state index >= 15 is 0 Å². The van der Waals surface area contributed by atoms with Crippen molar-refractivity contribution in [2.24, 2.45) is 5.73 Å². The Morgan fingerprint density at radius 2 is 2.20 bits per heavy atom. The van der Waals surface area contributed by atoms with Gasteiger partial charge >= 0.3 is 0 Å². The van der Waals surface area contributed by atoms with Crippen molar-refractivity contribution in [3.63, 3.8) is 0 Å². The number of amides is 1. The highest BCUT2D eigenvalue weighted by atomic mass is 32.2. The van der Waals surface area contributed by atoms with Crippen LogP contribution in [0.2, 0.25) is 0 Å². The number of carbonyl (C=O) groups excluding carboxylic acids is 1. The zero-order valence-corrected chi connectivity index (χ0v) is 14.6. The number of nitrogens with zero attached hydrogens (tertiary/aromatic N) is 3. The van der Waals surface area contributed by atoms with Crippen molar-refractivity contribution in [1.82, 2.24) is 20.1 Å². The summed E-state index contributed by atoms with van der Waals surface area (Å²) in [5.74, 6) is -0.211. The fourth-order valence-electron chi connectivity index (χ4n) is 2.96. The third-order valence-electron chi connectivity index (χ3n) is 4.11. The van der Waals surface area contributed by atoms with Gasteiger partial charge in [0.25, 0.3) is 0 Å². The van der Waals surface area contributed by atoms with E-state index in [1.165, 1.54) is 0 Å². The van der Waals surface area contributed by atoms with Crippen LogP contribution in [0.1, 0.15) is 0 Å².